The zero-order valence-corrected chi connectivity index (χ0v) is 19.1. The fourth-order valence-corrected chi connectivity index (χ4v) is 4.47. The molecule has 33 heavy (non-hydrogen) atoms. The SMILES string of the molecule is CCN(CC)c1ccc(/C=C2\Oc3c(ccc4c3CN(Cc3ccccc3)CO4)C2=O)cc1. The second kappa shape index (κ2) is 9.12. The molecule has 0 bridgehead atoms. The first-order valence-electron chi connectivity index (χ1n) is 11.5. The van der Waals surface area contributed by atoms with Crippen LogP contribution in [0.1, 0.15) is 40.9 Å². The Hall–Kier alpha value is -3.57. The highest BCUT2D eigenvalue weighted by atomic mass is 16.5. The van der Waals surface area contributed by atoms with E-state index >= 15 is 0 Å². The molecule has 0 spiro atoms. The van der Waals surface area contributed by atoms with Crippen LogP contribution in [0.4, 0.5) is 5.69 Å². The minimum absolute atomic E-state index is 0.0826. The third-order valence-corrected chi connectivity index (χ3v) is 6.25. The van der Waals surface area contributed by atoms with Crippen LogP contribution >= 0.6 is 0 Å². The van der Waals surface area contributed by atoms with Crippen molar-refractivity contribution in [1.29, 1.82) is 0 Å². The number of ether oxygens (including phenoxy) is 2. The Morgan fingerprint density at radius 1 is 0.970 bits per heavy atom. The first-order chi connectivity index (χ1) is 16.2. The van der Waals surface area contributed by atoms with Crippen molar-refractivity contribution in [2.45, 2.75) is 26.9 Å². The maximum Gasteiger partial charge on any atom is 0.231 e. The van der Waals surface area contributed by atoms with Crippen LogP contribution in [0.5, 0.6) is 11.5 Å². The third-order valence-electron chi connectivity index (χ3n) is 6.25. The molecule has 0 saturated heterocycles. The number of carbonyl (C=O) groups excluding carboxylic acids is 1. The van der Waals surface area contributed by atoms with E-state index in [9.17, 15) is 4.79 Å². The maximum absolute atomic E-state index is 13.1. The van der Waals surface area contributed by atoms with Crippen molar-refractivity contribution in [3.05, 3.63) is 94.7 Å². The minimum atomic E-state index is -0.0826. The first kappa shape index (κ1) is 21.3. The van der Waals surface area contributed by atoms with E-state index < -0.39 is 0 Å². The van der Waals surface area contributed by atoms with Crippen LogP contribution in [-0.4, -0.2) is 30.5 Å². The number of fused-ring (bicyclic) bond motifs is 3. The standard InChI is InChI=1S/C28H28N2O3/c1-3-30(4-2)22-12-10-20(11-13-22)16-26-27(31)23-14-15-25-24(28(23)33-26)18-29(19-32-25)17-21-8-6-5-7-9-21/h5-16H,3-4,17-19H2,1-2H3/b26-16-. The molecule has 2 heterocycles. The van der Waals surface area contributed by atoms with Gasteiger partial charge >= 0.3 is 0 Å². The molecule has 3 aromatic rings. The van der Waals surface area contributed by atoms with Gasteiger partial charge < -0.3 is 14.4 Å². The van der Waals surface area contributed by atoms with E-state index in [1.165, 1.54) is 11.3 Å². The van der Waals surface area contributed by atoms with Gasteiger partial charge in [0.2, 0.25) is 5.78 Å². The summed E-state index contributed by atoms with van der Waals surface area (Å²) in [5, 5.41) is 0. The summed E-state index contributed by atoms with van der Waals surface area (Å²) in [7, 11) is 0. The highest BCUT2D eigenvalue weighted by Gasteiger charge is 2.33. The van der Waals surface area contributed by atoms with Gasteiger partial charge in [0.05, 0.1) is 11.1 Å². The average Bonchev–Trinajstić information content (AvgIpc) is 3.17. The molecule has 0 saturated carbocycles. The van der Waals surface area contributed by atoms with Crippen LogP contribution in [0, 0.1) is 0 Å². The van der Waals surface area contributed by atoms with E-state index in [0.29, 0.717) is 30.3 Å². The molecular weight excluding hydrogens is 412 g/mol. The van der Waals surface area contributed by atoms with Gasteiger partial charge in [-0.2, -0.15) is 0 Å². The van der Waals surface area contributed by atoms with Gasteiger partial charge in [-0.15, -0.1) is 0 Å². The summed E-state index contributed by atoms with van der Waals surface area (Å²) in [6.07, 6.45) is 1.83. The summed E-state index contributed by atoms with van der Waals surface area (Å²) in [5.41, 5.74) is 4.88. The summed E-state index contributed by atoms with van der Waals surface area (Å²) in [5.74, 6) is 1.69. The minimum Gasteiger partial charge on any atom is -0.478 e. The van der Waals surface area contributed by atoms with Gasteiger partial charge in [0.1, 0.15) is 18.2 Å². The maximum atomic E-state index is 13.1. The molecule has 0 N–H and O–H groups in total. The average molecular weight is 441 g/mol. The number of nitrogens with zero attached hydrogens (tertiary/aromatic N) is 2. The highest BCUT2D eigenvalue weighted by molar-refractivity contribution is 6.15. The van der Waals surface area contributed by atoms with Crippen molar-refractivity contribution in [3.8, 4) is 11.5 Å². The van der Waals surface area contributed by atoms with Crippen molar-refractivity contribution in [1.82, 2.24) is 4.90 Å². The Bertz CT molecular complexity index is 1180. The summed E-state index contributed by atoms with van der Waals surface area (Å²) in [6.45, 7) is 8.17. The lowest BCUT2D eigenvalue weighted by molar-refractivity contribution is 0.0873. The Labute approximate surface area is 194 Å². The molecule has 0 radical (unpaired) electrons. The number of anilines is 1. The highest BCUT2D eigenvalue weighted by Crippen LogP contribution is 2.42. The summed E-state index contributed by atoms with van der Waals surface area (Å²) < 4.78 is 12.1. The molecule has 2 aliphatic rings. The van der Waals surface area contributed by atoms with Gasteiger partial charge in [-0.1, -0.05) is 42.5 Å². The van der Waals surface area contributed by atoms with E-state index in [1.807, 2.05) is 48.5 Å². The van der Waals surface area contributed by atoms with Crippen LogP contribution in [0.2, 0.25) is 0 Å². The van der Waals surface area contributed by atoms with Gasteiger partial charge in [-0.25, -0.2) is 0 Å². The number of hydrogen-bond donors (Lipinski definition) is 0. The predicted molar refractivity (Wildman–Crippen MR) is 131 cm³/mol. The zero-order chi connectivity index (χ0) is 22.8. The third kappa shape index (κ3) is 4.24. The Morgan fingerprint density at radius 2 is 1.73 bits per heavy atom. The van der Waals surface area contributed by atoms with Gasteiger partial charge in [0, 0.05) is 31.9 Å². The number of carbonyl (C=O) groups is 1. The van der Waals surface area contributed by atoms with E-state index in [4.69, 9.17) is 9.47 Å². The van der Waals surface area contributed by atoms with Crippen molar-refractivity contribution < 1.29 is 14.3 Å². The molecule has 2 aliphatic heterocycles. The van der Waals surface area contributed by atoms with E-state index in [-0.39, 0.29) is 5.78 Å². The second-order valence-corrected chi connectivity index (χ2v) is 8.37. The van der Waals surface area contributed by atoms with E-state index in [2.05, 4.69) is 47.9 Å². The lowest BCUT2D eigenvalue weighted by atomic mass is 10.0. The topological polar surface area (TPSA) is 42.0 Å². The van der Waals surface area contributed by atoms with Crippen molar-refractivity contribution in [2.75, 3.05) is 24.7 Å². The van der Waals surface area contributed by atoms with Crippen LogP contribution in [-0.2, 0) is 13.1 Å². The van der Waals surface area contributed by atoms with Crippen LogP contribution in [0.25, 0.3) is 6.08 Å². The molecule has 3 aromatic carbocycles. The number of ketones is 1. The Kier molecular flexibility index (Phi) is 5.88. The molecule has 0 aromatic heterocycles. The fourth-order valence-electron chi connectivity index (χ4n) is 4.47. The molecule has 0 aliphatic carbocycles. The quantitative estimate of drug-likeness (QED) is 0.474. The molecule has 0 amide bonds. The molecule has 0 unspecified atom stereocenters. The lowest BCUT2D eigenvalue weighted by Crippen LogP contribution is -2.31. The molecule has 5 heteroatoms. The second-order valence-electron chi connectivity index (χ2n) is 8.37. The van der Waals surface area contributed by atoms with Gasteiger partial charge in [-0.3, -0.25) is 9.69 Å². The summed E-state index contributed by atoms with van der Waals surface area (Å²) in [4.78, 5) is 17.6. The summed E-state index contributed by atoms with van der Waals surface area (Å²) >= 11 is 0. The number of rotatable bonds is 6. The molecular formula is C28H28N2O3. The fraction of sp³-hybridized carbons (Fsp3) is 0.250. The Morgan fingerprint density at radius 3 is 2.45 bits per heavy atom. The van der Waals surface area contributed by atoms with Crippen LogP contribution in [0.3, 0.4) is 0 Å². The smallest absolute Gasteiger partial charge is 0.231 e. The van der Waals surface area contributed by atoms with E-state index in [0.717, 1.165) is 36.5 Å². The van der Waals surface area contributed by atoms with Crippen molar-refractivity contribution in [3.63, 3.8) is 0 Å². The molecule has 168 valence electrons. The monoisotopic (exact) mass is 440 g/mol. The lowest BCUT2D eigenvalue weighted by Gasteiger charge is -2.29. The number of hydrogen-bond acceptors (Lipinski definition) is 5. The van der Waals surface area contributed by atoms with Crippen molar-refractivity contribution >= 4 is 17.5 Å². The number of Topliss-reactive ketones (excluding diaryl/α,β-unsaturated/α-hetero) is 1. The zero-order valence-electron chi connectivity index (χ0n) is 19.1. The number of allylic oxidation sites excluding steroid dienone is 1. The molecule has 0 fully saturated rings. The first-order valence-corrected chi connectivity index (χ1v) is 11.5. The van der Waals surface area contributed by atoms with Gasteiger partial charge in [-0.05, 0) is 55.3 Å². The van der Waals surface area contributed by atoms with Crippen LogP contribution < -0.4 is 14.4 Å². The van der Waals surface area contributed by atoms with Gasteiger partial charge in [0.15, 0.2) is 5.76 Å². The van der Waals surface area contributed by atoms with Crippen molar-refractivity contribution in [2.24, 2.45) is 0 Å². The van der Waals surface area contributed by atoms with E-state index in [1.54, 1.807) is 0 Å². The molecule has 5 rings (SSSR count). The van der Waals surface area contributed by atoms with Crippen LogP contribution in [0.15, 0.2) is 72.5 Å². The molecule has 0 atom stereocenters. The largest absolute Gasteiger partial charge is 0.478 e. The Balaban J connectivity index is 1.37. The summed E-state index contributed by atoms with van der Waals surface area (Å²) in [6, 6.07) is 22.2. The normalized spacial score (nSPS) is 16.2. The molecule has 5 nitrogen and oxygen atoms in total. The number of benzene rings is 3. The predicted octanol–water partition coefficient (Wildman–Crippen LogP) is 5.50. The van der Waals surface area contributed by atoms with Gasteiger partial charge in [0.25, 0.3) is 0 Å².